The Hall–Kier alpha value is -3.46. The van der Waals surface area contributed by atoms with Gasteiger partial charge in [-0.1, -0.05) is 18.2 Å². The molecule has 1 N–H and O–H groups in total. The van der Waals surface area contributed by atoms with Crippen LogP contribution in [0.1, 0.15) is 10.4 Å². The van der Waals surface area contributed by atoms with Crippen LogP contribution in [0.3, 0.4) is 0 Å². The lowest BCUT2D eigenvalue weighted by atomic mass is 10.1. The lowest BCUT2D eigenvalue weighted by molar-refractivity contribution is 0.0746. The largest absolute Gasteiger partial charge is 0.368 e. The monoisotopic (exact) mass is 457 g/mol. The molecule has 0 spiro atoms. The molecule has 0 bridgehead atoms. The molecule has 1 fully saturated rings. The van der Waals surface area contributed by atoms with Crippen LogP contribution in [-0.4, -0.2) is 45.4 Å². The summed E-state index contributed by atoms with van der Waals surface area (Å²) in [5.41, 5.74) is 0.948. The van der Waals surface area contributed by atoms with E-state index >= 15 is 0 Å². The molecule has 0 radical (unpaired) electrons. The Balaban J connectivity index is 1.46. The first kappa shape index (κ1) is 21.8. The van der Waals surface area contributed by atoms with Gasteiger partial charge in [0, 0.05) is 37.4 Å². The van der Waals surface area contributed by atoms with Crippen LogP contribution in [0.5, 0.6) is 0 Å². The summed E-state index contributed by atoms with van der Waals surface area (Å²) in [4.78, 5) is 16.5. The molecule has 3 aromatic rings. The zero-order chi connectivity index (χ0) is 22.7. The third-order valence-electron chi connectivity index (χ3n) is 5.27. The Morgan fingerprint density at radius 3 is 2.22 bits per heavy atom. The first-order valence-electron chi connectivity index (χ1n) is 10.0. The second-order valence-electron chi connectivity index (χ2n) is 7.37. The maximum atomic E-state index is 13.8. The summed E-state index contributed by atoms with van der Waals surface area (Å²) in [6, 6.07) is 17.3. The fourth-order valence-corrected chi connectivity index (χ4v) is 4.66. The summed E-state index contributed by atoms with van der Waals surface area (Å²) in [5, 5.41) is 0. The number of carbonyl (C=O) groups is 1. The van der Waals surface area contributed by atoms with E-state index in [1.165, 1.54) is 48.5 Å². The molecule has 3 aromatic carbocycles. The Bertz CT molecular complexity index is 1230. The molecule has 4 rings (SSSR count). The number of amides is 1. The van der Waals surface area contributed by atoms with Crippen molar-refractivity contribution >= 4 is 27.3 Å². The molecule has 1 aliphatic heterocycles. The molecule has 0 atom stereocenters. The molecular formula is C23H21F2N3O3S. The number of hydrogen-bond donors (Lipinski definition) is 1. The minimum atomic E-state index is -4.07. The van der Waals surface area contributed by atoms with E-state index in [9.17, 15) is 22.0 Å². The number of carbonyl (C=O) groups excluding carboxylic acids is 1. The van der Waals surface area contributed by atoms with Crippen molar-refractivity contribution in [1.82, 2.24) is 4.90 Å². The molecule has 0 aliphatic carbocycles. The number of rotatable bonds is 5. The maximum absolute atomic E-state index is 13.8. The lowest BCUT2D eigenvalue weighted by Gasteiger charge is -2.36. The van der Waals surface area contributed by atoms with Gasteiger partial charge in [0.2, 0.25) is 0 Å². The Morgan fingerprint density at radius 1 is 0.844 bits per heavy atom. The molecule has 32 heavy (non-hydrogen) atoms. The van der Waals surface area contributed by atoms with Crippen molar-refractivity contribution in [1.29, 1.82) is 0 Å². The van der Waals surface area contributed by atoms with Gasteiger partial charge in [-0.2, -0.15) is 0 Å². The average Bonchev–Trinajstić information content (AvgIpc) is 2.81. The average molecular weight is 458 g/mol. The maximum Gasteiger partial charge on any atom is 0.262 e. The summed E-state index contributed by atoms with van der Waals surface area (Å²) in [6.07, 6.45) is 0. The molecule has 6 nitrogen and oxygen atoms in total. The number of benzene rings is 3. The van der Waals surface area contributed by atoms with E-state index in [4.69, 9.17) is 0 Å². The van der Waals surface area contributed by atoms with E-state index in [2.05, 4.69) is 9.62 Å². The van der Waals surface area contributed by atoms with Gasteiger partial charge >= 0.3 is 0 Å². The molecule has 1 saturated heterocycles. The quantitative estimate of drug-likeness (QED) is 0.634. The van der Waals surface area contributed by atoms with Crippen molar-refractivity contribution in [3.63, 3.8) is 0 Å². The molecule has 0 saturated carbocycles. The van der Waals surface area contributed by atoms with Crippen LogP contribution in [0.15, 0.2) is 77.7 Å². The highest BCUT2D eigenvalue weighted by atomic mass is 32.2. The highest BCUT2D eigenvalue weighted by Gasteiger charge is 2.24. The number of sulfonamides is 1. The predicted octanol–water partition coefficient (Wildman–Crippen LogP) is 3.73. The fourth-order valence-electron chi connectivity index (χ4n) is 3.55. The standard InChI is InChI=1S/C23H21F2N3O3S/c24-18-8-10-19(11-9-18)27-12-14-28(15-13-27)23(29)17-4-3-5-20(16-17)32(30,31)26-22-7-2-1-6-21(22)25/h1-11,16,26H,12-15H2. The summed E-state index contributed by atoms with van der Waals surface area (Å²) in [5.74, 6) is -1.28. The zero-order valence-corrected chi connectivity index (χ0v) is 17.9. The van der Waals surface area contributed by atoms with E-state index < -0.39 is 15.8 Å². The number of nitrogens with zero attached hydrogens (tertiary/aromatic N) is 2. The van der Waals surface area contributed by atoms with Gasteiger partial charge in [0.05, 0.1) is 10.6 Å². The van der Waals surface area contributed by atoms with Crippen LogP contribution in [0.4, 0.5) is 20.2 Å². The highest BCUT2D eigenvalue weighted by Crippen LogP contribution is 2.21. The number of piperazine rings is 1. The second-order valence-corrected chi connectivity index (χ2v) is 9.05. The Morgan fingerprint density at radius 2 is 1.53 bits per heavy atom. The molecule has 1 aliphatic rings. The number of halogens is 2. The number of anilines is 2. The van der Waals surface area contributed by atoms with Crippen molar-refractivity contribution in [2.75, 3.05) is 35.8 Å². The highest BCUT2D eigenvalue weighted by molar-refractivity contribution is 7.92. The summed E-state index contributed by atoms with van der Waals surface area (Å²) in [6.45, 7) is 2.04. The predicted molar refractivity (Wildman–Crippen MR) is 118 cm³/mol. The van der Waals surface area contributed by atoms with E-state index in [1.54, 1.807) is 23.1 Å². The van der Waals surface area contributed by atoms with Crippen LogP contribution in [0.25, 0.3) is 0 Å². The topological polar surface area (TPSA) is 69.7 Å². The number of nitrogens with one attached hydrogen (secondary N) is 1. The molecule has 1 amide bonds. The molecule has 166 valence electrons. The first-order valence-corrected chi connectivity index (χ1v) is 11.5. The second kappa shape index (κ2) is 8.96. The molecule has 9 heteroatoms. The van der Waals surface area contributed by atoms with Gasteiger partial charge in [-0.3, -0.25) is 9.52 Å². The van der Waals surface area contributed by atoms with Crippen LogP contribution in [-0.2, 0) is 10.0 Å². The minimum absolute atomic E-state index is 0.128. The fraction of sp³-hybridized carbons (Fsp3) is 0.174. The minimum Gasteiger partial charge on any atom is -0.368 e. The zero-order valence-electron chi connectivity index (χ0n) is 17.0. The van der Waals surface area contributed by atoms with Crippen LogP contribution >= 0.6 is 0 Å². The van der Waals surface area contributed by atoms with Crippen LogP contribution in [0.2, 0.25) is 0 Å². The van der Waals surface area contributed by atoms with Gasteiger partial charge in [-0.05, 0) is 54.6 Å². The van der Waals surface area contributed by atoms with Crippen molar-refractivity contribution in [2.45, 2.75) is 4.90 Å². The third kappa shape index (κ3) is 4.72. The van der Waals surface area contributed by atoms with Crippen LogP contribution in [0, 0.1) is 11.6 Å². The van der Waals surface area contributed by atoms with E-state index in [0.29, 0.717) is 26.2 Å². The van der Waals surface area contributed by atoms with Gasteiger partial charge in [0.15, 0.2) is 0 Å². The van der Waals surface area contributed by atoms with E-state index in [1.807, 2.05) is 0 Å². The van der Waals surface area contributed by atoms with Gasteiger partial charge in [-0.15, -0.1) is 0 Å². The SMILES string of the molecule is O=C(c1cccc(S(=O)(=O)Nc2ccccc2F)c1)N1CCN(c2ccc(F)cc2)CC1. The lowest BCUT2D eigenvalue weighted by Crippen LogP contribution is -2.48. The van der Waals surface area contributed by atoms with Gasteiger partial charge in [-0.25, -0.2) is 17.2 Å². The normalized spacial score (nSPS) is 14.3. The molecule has 1 heterocycles. The third-order valence-corrected chi connectivity index (χ3v) is 6.63. The van der Waals surface area contributed by atoms with Crippen LogP contribution < -0.4 is 9.62 Å². The van der Waals surface area contributed by atoms with Crippen molar-refractivity contribution < 1.29 is 22.0 Å². The number of para-hydroxylation sites is 1. The van der Waals surface area contributed by atoms with E-state index in [-0.39, 0.29) is 27.9 Å². The summed E-state index contributed by atoms with van der Waals surface area (Å²) >= 11 is 0. The molecular weight excluding hydrogens is 436 g/mol. The summed E-state index contributed by atoms with van der Waals surface area (Å²) in [7, 11) is -4.07. The Labute approximate surface area is 185 Å². The van der Waals surface area contributed by atoms with Gasteiger partial charge in [0.1, 0.15) is 11.6 Å². The molecule has 0 unspecified atom stereocenters. The molecule has 0 aromatic heterocycles. The van der Waals surface area contributed by atoms with Crippen molar-refractivity contribution in [3.05, 3.63) is 90.0 Å². The smallest absolute Gasteiger partial charge is 0.262 e. The van der Waals surface area contributed by atoms with Crippen molar-refractivity contribution in [2.24, 2.45) is 0 Å². The van der Waals surface area contributed by atoms with E-state index in [0.717, 1.165) is 11.8 Å². The van der Waals surface area contributed by atoms with Gasteiger partial charge < -0.3 is 9.80 Å². The summed E-state index contributed by atoms with van der Waals surface area (Å²) < 4.78 is 54.6. The number of hydrogen-bond acceptors (Lipinski definition) is 4. The Kier molecular flexibility index (Phi) is 6.09. The van der Waals surface area contributed by atoms with Crippen molar-refractivity contribution in [3.8, 4) is 0 Å². The first-order chi connectivity index (χ1) is 15.3. The van der Waals surface area contributed by atoms with Gasteiger partial charge in [0.25, 0.3) is 15.9 Å².